The normalized spacial score (nSPS) is 10.4. The third kappa shape index (κ3) is 3.33. The maximum absolute atomic E-state index is 12.9. The summed E-state index contributed by atoms with van der Waals surface area (Å²) in [7, 11) is 0. The summed E-state index contributed by atoms with van der Waals surface area (Å²) in [4.78, 5) is 15.9. The lowest BCUT2D eigenvalue weighted by molar-refractivity contribution is 0.102. The summed E-state index contributed by atoms with van der Waals surface area (Å²) in [6.45, 7) is 0. The van der Waals surface area contributed by atoms with Gasteiger partial charge in [-0.2, -0.15) is 4.39 Å². The number of phenolic OH excluding ortho intramolecular Hbond substituents is 1. The first-order valence-corrected chi connectivity index (χ1v) is 7.15. The number of nitrogens with zero attached hydrogens (tertiary/aromatic N) is 1. The van der Waals surface area contributed by atoms with E-state index in [1.54, 1.807) is 24.3 Å². The lowest BCUT2D eigenvalue weighted by atomic mass is 10.1. The molecule has 5 nitrogen and oxygen atoms in total. The molecule has 0 aliphatic rings. The van der Waals surface area contributed by atoms with Gasteiger partial charge in [-0.15, -0.1) is 0 Å². The van der Waals surface area contributed by atoms with Gasteiger partial charge >= 0.3 is 0 Å². The number of nitrogen functional groups attached to an aromatic ring is 1. The Kier molecular flexibility index (Phi) is 4.11. The maximum atomic E-state index is 12.9. The molecular weight excluding hydrogens is 309 g/mol. The highest BCUT2D eigenvalue weighted by atomic mass is 19.1. The zero-order chi connectivity index (χ0) is 17.1. The molecule has 3 rings (SSSR count). The van der Waals surface area contributed by atoms with Crippen LogP contribution in [0, 0.1) is 5.95 Å². The van der Waals surface area contributed by atoms with Crippen molar-refractivity contribution < 1.29 is 14.3 Å². The van der Waals surface area contributed by atoms with Crippen LogP contribution in [0.5, 0.6) is 5.75 Å². The molecule has 0 saturated carbocycles. The number of rotatable bonds is 3. The molecule has 3 aromatic rings. The number of hydrogen-bond donors (Lipinski definition) is 3. The fourth-order valence-electron chi connectivity index (χ4n) is 2.20. The number of carbonyl (C=O) groups excluding carboxylic acids is 1. The van der Waals surface area contributed by atoms with Crippen molar-refractivity contribution in [2.75, 3.05) is 11.1 Å². The monoisotopic (exact) mass is 323 g/mol. The van der Waals surface area contributed by atoms with Gasteiger partial charge in [0.1, 0.15) is 5.75 Å². The van der Waals surface area contributed by atoms with Gasteiger partial charge < -0.3 is 16.2 Å². The number of benzene rings is 2. The maximum Gasteiger partial charge on any atom is 0.255 e. The fourth-order valence-corrected chi connectivity index (χ4v) is 2.20. The quantitative estimate of drug-likeness (QED) is 0.509. The SMILES string of the molecule is Nc1ccc(-c2ccc(F)nc2)cc1NC(=O)c1ccc(O)cc1. The topological polar surface area (TPSA) is 88.2 Å². The number of pyridine rings is 1. The molecule has 6 heteroatoms. The summed E-state index contributed by atoms with van der Waals surface area (Å²) in [6.07, 6.45) is 1.41. The molecule has 120 valence electrons. The second kappa shape index (κ2) is 6.37. The summed E-state index contributed by atoms with van der Waals surface area (Å²) < 4.78 is 12.9. The smallest absolute Gasteiger partial charge is 0.255 e. The molecule has 0 aliphatic carbocycles. The predicted octanol–water partition coefficient (Wildman–Crippen LogP) is 3.43. The number of phenols is 1. The van der Waals surface area contributed by atoms with Crippen LogP contribution in [0.15, 0.2) is 60.8 Å². The van der Waals surface area contributed by atoms with E-state index >= 15 is 0 Å². The van der Waals surface area contributed by atoms with Gasteiger partial charge in [-0.05, 0) is 54.1 Å². The van der Waals surface area contributed by atoms with E-state index in [0.29, 0.717) is 22.5 Å². The Labute approximate surface area is 137 Å². The second-order valence-electron chi connectivity index (χ2n) is 5.17. The van der Waals surface area contributed by atoms with Crippen LogP contribution in [0.3, 0.4) is 0 Å². The summed E-state index contributed by atoms with van der Waals surface area (Å²) in [6, 6.07) is 13.9. The molecule has 0 unspecified atom stereocenters. The van der Waals surface area contributed by atoms with Gasteiger partial charge in [0.2, 0.25) is 5.95 Å². The van der Waals surface area contributed by atoms with Crippen molar-refractivity contribution in [1.29, 1.82) is 0 Å². The molecule has 0 radical (unpaired) electrons. The molecule has 0 saturated heterocycles. The lowest BCUT2D eigenvalue weighted by Crippen LogP contribution is -2.13. The Hall–Kier alpha value is -3.41. The zero-order valence-corrected chi connectivity index (χ0v) is 12.5. The number of nitrogens with two attached hydrogens (primary N) is 1. The summed E-state index contributed by atoms with van der Waals surface area (Å²) in [5.41, 5.74) is 8.60. The van der Waals surface area contributed by atoms with Crippen molar-refractivity contribution in [3.8, 4) is 16.9 Å². The van der Waals surface area contributed by atoms with Crippen LogP contribution in [-0.2, 0) is 0 Å². The van der Waals surface area contributed by atoms with Crippen molar-refractivity contribution >= 4 is 17.3 Å². The van der Waals surface area contributed by atoms with E-state index in [2.05, 4.69) is 10.3 Å². The van der Waals surface area contributed by atoms with Gasteiger partial charge in [0.25, 0.3) is 5.91 Å². The molecule has 0 aliphatic heterocycles. The molecule has 1 heterocycles. The molecule has 0 bridgehead atoms. The molecule has 24 heavy (non-hydrogen) atoms. The number of halogens is 1. The molecule has 0 fully saturated rings. The van der Waals surface area contributed by atoms with E-state index in [4.69, 9.17) is 5.73 Å². The molecule has 2 aromatic carbocycles. The largest absolute Gasteiger partial charge is 0.508 e. The average molecular weight is 323 g/mol. The third-order valence-electron chi connectivity index (χ3n) is 3.49. The van der Waals surface area contributed by atoms with Gasteiger partial charge in [0.05, 0.1) is 11.4 Å². The molecule has 4 N–H and O–H groups in total. The summed E-state index contributed by atoms with van der Waals surface area (Å²) in [5, 5.41) is 12.0. The number of carbonyl (C=O) groups is 1. The number of anilines is 2. The Balaban J connectivity index is 1.87. The van der Waals surface area contributed by atoms with E-state index in [-0.39, 0.29) is 11.7 Å². The second-order valence-corrected chi connectivity index (χ2v) is 5.17. The van der Waals surface area contributed by atoms with Crippen LogP contribution in [0.4, 0.5) is 15.8 Å². The van der Waals surface area contributed by atoms with E-state index in [1.165, 1.54) is 36.5 Å². The Morgan fingerprint density at radius 3 is 2.42 bits per heavy atom. The fraction of sp³-hybridized carbons (Fsp3) is 0. The summed E-state index contributed by atoms with van der Waals surface area (Å²) >= 11 is 0. The van der Waals surface area contributed by atoms with Crippen LogP contribution >= 0.6 is 0 Å². The van der Waals surface area contributed by atoms with Crippen molar-refractivity contribution in [2.24, 2.45) is 0 Å². The zero-order valence-electron chi connectivity index (χ0n) is 12.5. The van der Waals surface area contributed by atoms with Crippen LogP contribution in [0.2, 0.25) is 0 Å². The molecule has 0 atom stereocenters. The summed E-state index contributed by atoms with van der Waals surface area (Å²) in [5.74, 6) is -0.831. The van der Waals surface area contributed by atoms with Crippen molar-refractivity contribution in [2.45, 2.75) is 0 Å². The first-order valence-electron chi connectivity index (χ1n) is 7.15. The number of amides is 1. The highest BCUT2D eigenvalue weighted by Crippen LogP contribution is 2.27. The first kappa shape index (κ1) is 15.5. The minimum absolute atomic E-state index is 0.0804. The molecule has 0 spiro atoms. The number of hydrogen-bond acceptors (Lipinski definition) is 4. The van der Waals surface area contributed by atoms with Crippen molar-refractivity contribution in [3.63, 3.8) is 0 Å². The standard InChI is InChI=1S/C18H14FN3O2/c19-17-8-4-13(10-21-17)12-3-7-15(20)16(9-12)22-18(24)11-1-5-14(23)6-2-11/h1-10,23H,20H2,(H,22,24). The molecule has 1 amide bonds. The van der Waals surface area contributed by atoms with E-state index in [0.717, 1.165) is 5.56 Å². The van der Waals surface area contributed by atoms with E-state index < -0.39 is 5.95 Å². The molecule has 1 aromatic heterocycles. The lowest BCUT2D eigenvalue weighted by Gasteiger charge is -2.11. The van der Waals surface area contributed by atoms with Gasteiger partial charge in [-0.25, -0.2) is 4.98 Å². The van der Waals surface area contributed by atoms with E-state index in [9.17, 15) is 14.3 Å². The highest BCUT2D eigenvalue weighted by Gasteiger charge is 2.10. The number of nitrogens with one attached hydrogen (secondary N) is 1. The van der Waals surface area contributed by atoms with Crippen molar-refractivity contribution in [3.05, 3.63) is 72.3 Å². The third-order valence-corrected chi connectivity index (χ3v) is 3.49. The minimum Gasteiger partial charge on any atom is -0.508 e. The van der Waals surface area contributed by atoms with Crippen LogP contribution in [0.25, 0.3) is 11.1 Å². The minimum atomic E-state index is -0.560. The van der Waals surface area contributed by atoms with Crippen LogP contribution < -0.4 is 11.1 Å². The Morgan fingerprint density at radius 2 is 1.75 bits per heavy atom. The first-order chi connectivity index (χ1) is 11.5. The van der Waals surface area contributed by atoms with Gasteiger partial charge in [-0.3, -0.25) is 4.79 Å². The predicted molar refractivity (Wildman–Crippen MR) is 90.1 cm³/mol. The highest BCUT2D eigenvalue weighted by molar-refractivity contribution is 6.06. The van der Waals surface area contributed by atoms with Crippen LogP contribution in [0.1, 0.15) is 10.4 Å². The van der Waals surface area contributed by atoms with Gasteiger partial charge in [0, 0.05) is 17.3 Å². The van der Waals surface area contributed by atoms with E-state index in [1.807, 2.05) is 0 Å². The molecular formula is C18H14FN3O2. The Morgan fingerprint density at radius 1 is 1.04 bits per heavy atom. The number of aromatic hydroxyl groups is 1. The average Bonchev–Trinajstić information content (AvgIpc) is 2.58. The Bertz CT molecular complexity index is 878. The van der Waals surface area contributed by atoms with Gasteiger partial charge in [0.15, 0.2) is 0 Å². The number of aromatic nitrogens is 1. The van der Waals surface area contributed by atoms with Crippen LogP contribution in [-0.4, -0.2) is 16.0 Å². The van der Waals surface area contributed by atoms with Crippen molar-refractivity contribution in [1.82, 2.24) is 4.98 Å². The van der Waals surface area contributed by atoms with Gasteiger partial charge in [-0.1, -0.05) is 6.07 Å².